The minimum Gasteiger partial charge on any atom is -0.370 e. The fourth-order valence-electron chi connectivity index (χ4n) is 1.68. The fourth-order valence-corrected chi connectivity index (χ4v) is 1.68. The quantitative estimate of drug-likeness (QED) is 0.717. The molecule has 0 aromatic heterocycles. The first-order valence-corrected chi connectivity index (χ1v) is 6.44. The fraction of sp³-hybridized carbons (Fsp3) is 0.429. The molecule has 0 aliphatic rings. The van der Waals surface area contributed by atoms with Crippen LogP contribution in [0.2, 0.25) is 0 Å². The standard InChI is InChI=1S/C14H21N3O2/c1-2-16-10-14(19)17(9-8-13(15)18)11-12-6-4-3-5-7-12/h3-7,16H,2,8-11H2,1H3,(H2,15,18). The molecule has 104 valence electrons. The number of carbonyl (C=O) groups is 2. The highest BCUT2D eigenvalue weighted by molar-refractivity contribution is 5.79. The van der Waals surface area contributed by atoms with E-state index in [9.17, 15) is 9.59 Å². The summed E-state index contributed by atoms with van der Waals surface area (Å²) in [6, 6.07) is 9.69. The van der Waals surface area contributed by atoms with Crippen molar-refractivity contribution in [3.05, 3.63) is 35.9 Å². The monoisotopic (exact) mass is 263 g/mol. The van der Waals surface area contributed by atoms with Crippen LogP contribution >= 0.6 is 0 Å². The summed E-state index contributed by atoms with van der Waals surface area (Å²) in [5, 5.41) is 2.99. The average Bonchev–Trinajstić information content (AvgIpc) is 2.41. The highest BCUT2D eigenvalue weighted by atomic mass is 16.2. The van der Waals surface area contributed by atoms with Crippen LogP contribution in [0.3, 0.4) is 0 Å². The second-order valence-electron chi connectivity index (χ2n) is 4.30. The van der Waals surface area contributed by atoms with Crippen LogP contribution in [0.15, 0.2) is 30.3 Å². The van der Waals surface area contributed by atoms with Crippen LogP contribution in [-0.2, 0) is 16.1 Å². The van der Waals surface area contributed by atoms with Gasteiger partial charge in [-0.25, -0.2) is 0 Å². The number of amides is 2. The Hall–Kier alpha value is -1.88. The summed E-state index contributed by atoms with van der Waals surface area (Å²) in [7, 11) is 0. The lowest BCUT2D eigenvalue weighted by Crippen LogP contribution is -2.39. The van der Waals surface area contributed by atoms with Gasteiger partial charge in [-0.2, -0.15) is 0 Å². The van der Waals surface area contributed by atoms with Crippen molar-refractivity contribution in [1.82, 2.24) is 10.2 Å². The van der Waals surface area contributed by atoms with E-state index in [-0.39, 0.29) is 18.9 Å². The molecule has 0 saturated heterocycles. The molecular weight excluding hydrogens is 242 g/mol. The predicted molar refractivity (Wildman–Crippen MR) is 74.2 cm³/mol. The zero-order valence-corrected chi connectivity index (χ0v) is 11.3. The van der Waals surface area contributed by atoms with Crippen molar-refractivity contribution in [3.63, 3.8) is 0 Å². The van der Waals surface area contributed by atoms with E-state index in [1.807, 2.05) is 37.3 Å². The van der Waals surface area contributed by atoms with Gasteiger partial charge in [0.15, 0.2) is 0 Å². The molecule has 1 rings (SSSR count). The molecule has 5 nitrogen and oxygen atoms in total. The Morgan fingerprint density at radius 2 is 1.95 bits per heavy atom. The zero-order valence-electron chi connectivity index (χ0n) is 11.3. The maximum atomic E-state index is 12.0. The number of nitrogens with two attached hydrogens (primary N) is 1. The lowest BCUT2D eigenvalue weighted by molar-refractivity contribution is -0.131. The molecule has 5 heteroatoms. The molecule has 0 atom stereocenters. The molecular formula is C14H21N3O2. The lowest BCUT2D eigenvalue weighted by atomic mass is 10.2. The Morgan fingerprint density at radius 1 is 1.26 bits per heavy atom. The van der Waals surface area contributed by atoms with E-state index in [0.717, 1.165) is 12.1 Å². The molecule has 2 amide bonds. The minimum absolute atomic E-state index is 0.0213. The molecule has 0 aliphatic carbocycles. The van der Waals surface area contributed by atoms with E-state index in [1.165, 1.54) is 0 Å². The molecule has 0 bridgehead atoms. The van der Waals surface area contributed by atoms with E-state index in [2.05, 4.69) is 5.32 Å². The molecule has 19 heavy (non-hydrogen) atoms. The number of hydrogen-bond donors (Lipinski definition) is 2. The number of carbonyl (C=O) groups excluding carboxylic acids is 2. The Bertz CT molecular complexity index is 406. The molecule has 0 fully saturated rings. The average molecular weight is 263 g/mol. The van der Waals surface area contributed by atoms with E-state index < -0.39 is 5.91 Å². The van der Waals surface area contributed by atoms with Crippen molar-refractivity contribution in [1.29, 1.82) is 0 Å². The largest absolute Gasteiger partial charge is 0.370 e. The summed E-state index contributed by atoms with van der Waals surface area (Å²) >= 11 is 0. The highest BCUT2D eigenvalue weighted by Crippen LogP contribution is 2.05. The van der Waals surface area contributed by atoms with Gasteiger partial charge in [-0.3, -0.25) is 9.59 Å². The van der Waals surface area contributed by atoms with Gasteiger partial charge in [0.1, 0.15) is 0 Å². The number of likely N-dealkylation sites (N-methyl/N-ethyl adjacent to an activating group) is 1. The van der Waals surface area contributed by atoms with E-state index in [0.29, 0.717) is 13.1 Å². The van der Waals surface area contributed by atoms with Crippen LogP contribution in [0.4, 0.5) is 0 Å². The number of nitrogens with one attached hydrogen (secondary N) is 1. The van der Waals surface area contributed by atoms with Gasteiger partial charge in [-0.1, -0.05) is 37.3 Å². The Balaban J connectivity index is 2.62. The molecule has 0 unspecified atom stereocenters. The molecule has 0 spiro atoms. The second-order valence-corrected chi connectivity index (χ2v) is 4.30. The lowest BCUT2D eigenvalue weighted by Gasteiger charge is -2.22. The van der Waals surface area contributed by atoms with Gasteiger partial charge in [-0.05, 0) is 12.1 Å². The summed E-state index contributed by atoms with van der Waals surface area (Å²) in [6.07, 6.45) is 0.185. The summed E-state index contributed by atoms with van der Waals surface area (Å²) in [5.41, 5.74) is 6.18. The minimum atomic E-state index is -0.394. The van der Waals surface area contributed by atoms with Crippen LogP contribution < -0.4 is 11.1 Å². The molecule has 0 radical (unpaired) electrons. The van der Waals surface area contributed by atoms with Crippen LogP contribution in [0.5, 0.6) is 0 Å². The molecule has 0 heterocycles. The number of benzene rings is 1. The second kappa shape index (κ2) is 8.26. The predicted octanol–water partition coefficient (Wildman–Crippen LogP) is 0.500. The number of hydrogen-bond acceptors (Lipinski definition) is 3. The summed E-state index contributed by atoms with van der Waals surface area (Å²) < 4.78 is 0. The van der Waals surface area contributed by atoms with E-state index in [4.69, 9.17) is 5.73 Å². The normalized spacial score (nSPS) is 10.2. The van der Waals surface area contributed by atoms with Crippen molar-refractivity contribution >= 4 is 11.8 Å². The van der Waals surface area contributed by atoms with Gasteiger partial charge in [0.2, 0.25) is 11.8 Å². The molecule has 1 aromatic carbocycles. The highest BCUT2D eigenvalue weighted by Gasteiger charge is 2.14. The first-order chi connectivity index (χ1) is 9.13. The van der Waals surface area contributed by atoms with E-state index >= 15 is 0 Å². The van der Waals surface area contributed by atoms with Gasteiger partial charge in [0.05, 0.1) is 6.54 Å². The van der Waals surface area contributed by atoms with Gasteiger partial charge in [-0.15, -0.1) is 0 Å². The van der Waals surface area contributed by atoms with Gasteiger partial charge in [0.25, 0.3) is 0 Å². The number of rotatable bonds is 8. The maximum absolute atomic E-state index is 12.0. The Labute approximate surface area is 113 Å². The molecule has 0 saturated carbocycles. The smallest absolute Gasteiger partial charge is 0.236 e. The van der Waals surface area contributed by atoms with Gasteiger partial charge < -0.3 is 16.0 Å². The maximum Gasteiger partial charge on any atom is 0.236 e. The Morgan fingerprint density at radius 3 is 2.53 bits per heavy atom. The third-order valence-electron chi connectivity index (χ3n) is 2.72. The molecule has 3 N–H and O–H groups in total. The first-order valence-electron chi connectivity index (χ1n) is 6.44. The van der Waals surface area contributed by atoms with Gasteiger partial charge in [0, 0.05) is 19.5 Å². The summed E-state index contributed by atoms with van der Waals surface area (Å²) in [5.74, 6) is -0.415. The van der Waals surface area contributed by atoms with Crippen LogP contribution in [0, 0.1) is 0 Å². The third kappa shape index (κ3) is 6.01. The number of nitrogens with zero attached hydrogens (tertiary/aromatic N) is 1. The van der Waals surface area contributed by atoms with Crippen molar-refractivity contribution < 1.29 is 9.59 Å². The van der Waals surface area contributed by atoms with Crippen LogP contribution in [-0.4, -0.2) is 36.3 Å². The van der Waals surface area contributed by atoms with E-state index in [1.54, 1.807) is 4.90 Å². The zero-order chi connectivity index (χ0) is 14.1. The van der Waals surface area contributed by atoms with Crippen molar-refractivity contribution in [2.45, 2.75) is 19.9 Å². The summed E-state index contributed by atoms with van der Waals surface area (Å²) in [4.78, 5) is 24.5. The number of primary amides is 1. The molecule has 0 aliphatic heterocycles. The SMILES string of the molecule is CCNCC(=O)N(CCC(N)=O)Cc1ccccc1. The van der Waals surface area contributed by atoms with Crippen molar-refractivity contribution in [3.8, 4) is 0 Å². The molecule has 1 aromatic rings. The third-order valence-corrected chi connectivity index (χ3v) is 2.72. The van der Waals surface area contributed by atoms with Crippen LogP contribution in [0.25, 0.3) is 0 Å². The summed E-state index contributed by atoms with van der Waals surface area (Å²) in [6.45, 7) is 3.81. The Kier molecular flexibility index (Phi) is 6.60. The van der Waals surface area contributed by atoms with Crippen LogP contribution in [0.1, 0.15) is 18.9 Å². The van der Waals surface area contributed by atoms with Crippen molar-refractivity contribution in [2.24, 2.45) is 5.73 Å². The van der Waals surface area contributed by atoms with Crippen molar-refractivity contribution in [2.75, 3.05) is 19.6 Å². The van der Waals surface area contributed by atoms with Gasteiger partial charge >= 0.3 is 0 Å². The first kappa shape index (κ1) is 15.2. The topological polar surface area (TPSA) is 75.4 Å².